The van der Waals surface area contributed by atoms with E-state index in [-0.39, 0.29) is 17.9 Å². The van der Waals surface area contributed by atoms with Gasteiger partial charge in [-0.3, -0.25) is 4.68 Å². The van der Waals surface area contributed by atoms with Gasteiger partial charge in [0, 0.05) is 6.04 Å². The zero-order valence-corrected chi connectivity index (χ0v) is 13.7. The van der Waals surface area contributed by atoms with E-state index < -0.39 is 0 Å². The molecule has 1 aromatic heterocycles. The third-order valence-corrected chi connectivity index (χ3v) is 3.85. The molecule has 0 saturated carbocycles. The van der Waals surface area contributed by atoms with Crippen molar-refractivity contribution in [1.82, 2.24) is 15.1 Å². The minimum atomic E-state index is -0.216. The fraction of sp³-hybridized carbons (Fsp3) is 0.400. The van der Waals surface area contributed by atoms with Crippen LogP contribution in [0.4, 0.5) is 4.39 Å². The lowest BCUT2D eigenvalue weighted by molar-refractivity contribution is 0.482. The molecule has 1 unspecified atom stereocenters. The average Bonchev–Trinajstić information content (AvgIpc) is 2.72. The number of halogens is 2. The summed E-state index contributed by atoms with van der Waals surface area (Å²) in [6.45, 7) is 6.05. The SMILES string of the molecule is CNC(c1cc(C)cc(F)c1)c1c(Br)cnn1C(C)C. The first kappa shape index (κ1) is 15.2. The van der Waals surface area contributed by atoms with Crippen molar-refractivity contribution in [3.05, 3.63) is 51.5 Å². The lowest BCUT2D eigenvalue weighted by atomic mass is 10.0. The Morgan fingerprint density at radius 3 is 2.55 bits per heavy atom. The number of aryl methyl sites for hydroxylation is 1. The van der Waals surface area contributed by atoms with Crippen molar-refractivity contribution in [2.75, 3.05) is 7.05 Å². The Hall–Kier alpha value is -1.20. The summed E-state index contributed by atoms with van der Waals surface area (Å²) >= 11 is 3.54. The molecule has 0 saturated heterocycles. The Bertz CT molecular complexity index is 587. The molecule has 3 nitrogen and oxygen atoms in total. The molecule has 20 heavy (non-hydrogen) atoms. The second-order valence-electron chi connectivity index (χ2n) is 5.20. The highest BCUT2D eigenvalue weighted by Gasteiger charge is 2.22. The number of benzene rings is 1. The molecule has 0 aliphatic heterocycles. The topological polar surface area (TPSA) is 29.9 Å². The summed E-state index contributed by atoms with van der Waals surface area (Å²) in [5.74, 6) is -0.216. The fourth-order valence-corrected chi connectivity index (χ4v) is 2.93. The third-order valence-electron chi connectivity index (χ3n) is 3.24. The minimum Gasteiger partial charge on any atom is -0.308 e. The summed E-state index contributed by atoms with van der Waals surface area (Å²) < 4.78 is 16.5. The molecule has 0 amide bonds. The van der Waals surface area contributed by atoms with Crippen LogP contribution in [0.3, 0.4) is 0 Å². The van der Waals surface area contributed by atoms with Gasteiger partial charge in [0.25, 0.3) is 0 Å². The van der Waals surface area contributed by atoms with Gasteiger partial charge in [-0.25, -0.2) is 4.39 Å². The van der Waals surface area contributed by atoms with Crippen LogP contribution >= 0.6 is 15.9 Å². The van der Waals surface area contributed by atoms with E-state index in [0.29, 0.717) is 0 Å². The van der Waals surface area contributed by atoms with Gasteiger partial charge in [0.15, 0.2) is 0 Å². The predicted molar refractivity (Wildman–Crippen MR) is 82.4 cm³/mol. The normalized spacial score (nSPS) is 12.9. The van der Waals surface area contributed by atoms with Crippen LogP contribution in [-0.4, -0.2) is 16.8 Å². The average molecular weight is 340 g/mol. The highest BCUT2D eigenvalue weighted by Crippen LogP contribution is 2.31. The maximum atomic E-state index is 13.7. The van der Waals surface area contributed by atoms with Crippen LogP contribution in [0.15, 0.2) is 28.9 Å². The molecule has 108 valence electrons. The molecule has 5 heteroatoms. The second-order valence-corrected chi connectivity index (χ2v) is 6.05. The number of nitrogens with zero attached hydrogens (tertiary/aromatic N) is 2. The van der Waals surface area contributed by atoms with Crippen molar-refractivity contribution in [2.45, 2.75) is 32.9 Å². The summed E-state index contributed by atoms with van der Waals surface area (Å²) in [5.41, 5.74) is 2.81. The lowest BCUT2D eigenvalue weighted by Crippen LogP contribution is -2.23. The summed E-state index contributed by atoms with van der Waals surface area (Å²) in [5, 5.41) is 7.64. The van der Waals surface area contributed by atoms with Crippen LogP contribution in [0.1, 0.15) is 42.8 Å². The highest BCUT2D eigenvalue weighted by atomic mass is 79.9. The Balaban J connectivity index is 2.55. The van der Waals surface area contributed by atoms with E-state index in [1.54, 1.807) is 12.3 Å². The molecule has 1 atom stereocenters. The van der Waals surface area contributed by atoms with Gasteiger partial charge in [0.1, 0.15) is 5.82 Å². The van der Waals surface area contributed by atoms with Crippen LogP contribution in [0.25, 0.3) is 0 Å². The van der Waals surface area contributed by atoms with Crippen molar-refractivity contribution < 1.29 is 4.39 Å². The Morgan fingerprint density at radius 2 is 2.00 bits per heavy atom. The van der Waals surface area contributed by atoms with Gasteiger partial charge in [-0.05, 0) is 67.0 Å². The Kier molecular flexibility index (Phi) is 4.60. The summed E-state index contributed by atoms with van der Waals surface area (Å²) in [7, 11) is 1.87. The van der Waals surface area contributed by atoms with Crippen molar-refractivity contribution in [3.8, 4) is 0 Å². The molecular weight excluding hydrogens is 321 g/mol. The molecule has 2 rings (SSSR count). The van der Waals surface area contributed by atoms with E-state index in [0.717, 1.165) is 21.3 Å². The molecular formula is C15H19BrFN3. The Morgan fingerprint density at radius 1 is 1.30 bits per heavy atom. The number of nitrogens with one attached hydrogen (secondary N) is 1. The van der Waals surface area contributed by atoms with E-state index in [4.69, 9.17) is 0 Å². The first-order chi connectivity index (χ1) is 9.43. The third kappa shape index (κ3) is 2.94. The van der Waals surface area contributed by atoms with Gasteiger partial charge in [-0.1, -0.05) is 6.07 Å². The molecule has 1 aromatic carbocycles. The van der Waals surface area contributed by atoms with Gasteiger partial charge < -0.3 is 5.32 Å². The summed E-state index contributed by atoms with van der Waals surface area (Å²) in [4.78, 5) is 0. The van der Waals surface area contributed by atoms with Crippen molar-refractivity contribution in [2.24, 2.45) is 0 Å². The fourth-order valence-electron chi connectivity index (χ4n) is 2.42. The first-order valence-corrected chi connectivity index (χ1v) is 7.40. The standard InChI is InChI=1S/C15H19BrFN3/c1-9(2)20-15(13(16)8-19-20)14(18-4)11-5-10(3)6-12(17)7-11/h5-9,14,18H,1-4H3. The molecule has 0 aliphatic rings. The Labute approximate surface area is 127 Å². The second kappa shape index (κ2) is 6.06. The molecule has 1 heterocycles. The van der Waals surface area contributed by atoms with Gasteiger partial charge in [0.2, 0.25) is 0 Å². The van der Waals surface area contributed by atoms with E-state index >= 15 is 0 Å². The van der Waals surface area contributed by atoms with E-state index in [1.165, 1.54) is 6.07 Å². The maximum Gasteiger partial charge on any atom is 0.123 e. The quantitative estimate of drug-likeness (QED) is 0.912. The van der Waals surface area contributed by atoms with Crippen LogP contribution in [0.2, 0.25) is 0 Å². The van der Waals surface area contributed by atoms with E-state index in [1.807, 2.05) is 24.7 Å². The monoisotopic (exact) mass is 339 g/mol. The number of hydrogen-bond acceptors (Lipinski definition) is 2. The maximum absolute atomic E-state index is 13.7. The zero-order valence-electron chi connectivity index (χ0n) is 12.1. The van der Waals surface area contributed by atoms with Gasteiger partial charge >= 0.3 is 0 Å². The minimum absolute atomic E-state index is 0.108. The molecule has 1 N–H and O–H groups in total. The number of hydrogen-bond donors (Lipinski definition) is 1. The van der Waals surface area contributed by atoms with Crippen molar-refractivity contribution in [1.29, 1.82) is 0 Å². The highest BCUT2D eigenvalue weighted by molar-refractivity contribution is 9.10. The van der Waals surface area contributed by atoms with Gasteiger partial charge in [0.05, 0.1) is 22.4 Å². The predicted octanol–water partition coefficient (Wildman–Crippen LogP) is 3.98. The van der Waals surface area contributed by atoms with Crippen molar-refractivity contribution >= 4 is 15.9 Å². The van der Waals surface area contributed by atoms with Crippen LogP contribution in [0, 0.1) is 12.7 Å². The smallest absolute Gasteiger partial charge is 0.123 e. The summed E-state index contributed by atoms with van der Waals surface area (Å²) in [6, 6.07) is 5.22. The molecule has 0 spiro atoms. The molecule has 0 aliphatic carbocycles. The largest absolute Gasteiger partial charge is 0.308 e. The molecule has 0 fully saturated rings. The lowest BCUT2D eigenvalue weighted by Gasteiger charge is -2.21. The molecule has 0 bridgehead atoms. The molecule has 2 aromatic rings. The summed E-state index contributed by atoms with van der Waals surface area (Å²) in [6.07, 6.45) is 1.78. The van der Waals surface area contributed by atoms with Gasteiger partial charge in [-0.2, -0.15) is 5.10 Å². The molecule has 0 radical (unpaired) electrons. The van der Waals surface area contributed by atoms with Crippen LogP contribution < -0.4 is 5.32 Å². The zero-order chi connectivity index (χ0) is 14.9. The van der Waals surface area contributed by atoms with Gasteiger partial charge in [-0.15, -0.1) is 0 Å². The first-order valence-electron chi connectivity index (χ1n) is 6.61. The van der Waals surface area contributed by atoms with Crippen LogP contribution in [0.5, 0.6) is 0 Å². The van der Waals surface area contributed by atoms with Crippen LogP contribution in [-0.2, 0) is 0 Å². The number of rotatable bonds is 4. The van der Waals surface area contributed by atoms with Crippen molar-refractivity contribution in [3.63, 3.8) is 0 Å². The number of aromatic nitrogens is 2. The van der Waals surface area contributed by atoms with E-state index in [2.05, 4.69) is 40.2 Å². The van der Waals surface area contributed by atoms with E-state index in [9.17, 15) is 4.39 Å².